The van der Waals surface area contributed by atoms with Crippen LogP contribution in [0.25, 0.3) is 0 Å². The third-order valence-corrected chi connectivity index (χ3v) is 20.1. The predicted octanol–water partition coefficient (Wildman–Crippen LogP) is 8.72. The van der Waals surface area contributed by atoms with Crippen molar-refractivity contribution in [3.8, 4) is 23.0 Å². The van der Waals surface area contributed by atoms with Crippen LogP contribution < -0.4 is 38.4 Å². The fourth-order valence-electron chi connectivity index (χ4n) is 5.85. The SMILES string of the molecule is O=[N+]([O-])c1ccc(OP2(Oc3ccc([N+](=O)[O-])cc3)=N[PH](c3ccccc3)(c3ccccc3)N[PH](Oc3ccc([N+](=O)[O-])cc3)(Oc3ccc([N+](=O)[O-])cc3)N2)cc1. The van der Waals surface area contributed by atoms with E-state index in [4.69, 9.17) is 22.6 Å². The van der Waals surface area contributed by atoms with Crippen LogP contribution in [0, 0.1) is 40.5 Å². The van der Waals surface area contributed by atoms with Gasteiger partial charge in [-0.15, -0.1) is 0 Å². The van der Waals surface area contributed by atoms with Crippen molar-refractivity contribution in [1.82, 2.24) is 9.72 Å². The quantitative estimate of drug-likeness (QED) is 0.0591. The summed E-state index contributed by atoms with van der Waals surface area (Å²) in [6, 6.07) is 38.9. The van der Waals surface area contributed by atoms with E-state index in [9.17, 15) is 40.5 Å². The van der Waals surface area contributed by atoms with Gasteiger partial charge in [0.2, 0.25) is 0 Å². The maximum absolute atomic E-state index is 11.6. The molecule has 0 spiro atoms. The van der Waals surface area contributed by atoms with Crippen LogP contribution in [0.15, 0.2) is 162 Å². The second kappa shape index (κ2) is 16.3. The molecule has 6 aromatic rings. The molecule has 2 N–H and O–H groups in total. The monoisotopic (exact) mass is 845 g/mol. The van der Waals surface area contributed by atoms with Gasteiger partial charge in [-0.2, -0.15) is 0 Å². The maximum atomic E-state index is 11.6. The molecule has 7 rings (SSSR count). The average molecular weight is 846 g/mol. The summed E-state index contributed by atoms with van der Waals surface area (Å²) in [5.41, 5.74) is -0.896. The Morgan fingerprint density at radius 3 is 1.07 bits per heavy atom. The Balaban J connectivity index is 1.52. The van der Waals surface area contributed by atoms with Gasteiger partial charge in [-0.25, -0.2) is 0 Å². The normalized spacial score (nSPS) is 15.9. The molecule has 0 fully saturated rings. The van der Waals surface area contributed by atoms with E-state index in [2.05, 4.69) is 9.72 Å². The number of rotatable bonds is 14. The minimum absolute atomic E-state index is 0.0663. The zero-order chi connectivity index (χ0) is 40.9. The summed E-state index contributed by atoms with van der Waals surface area (Å²) in [4.78, 5) is 51.0. The van der Waals surface area contributed by atoms with Gasteiger partial charge in [-0.1, -0.05) is 0 Å². The second-order valence-electron chi connectivity index (χ2n) is 12.3. The zero-order valence-electron chi connectivity index (χ0n) is 29.6. The molecule has 19 nitrogen and oxygen atoms in total. The average Bonchev–Trinajstić information content (AvgIpc) is 3.22. The third-order valence-electron chi connectivity index (χ3n) is 8.47. The molecule has 0 atom stereocenters. The Morgan fingerprint density at radius 2 is 0.759 bits per heavy atom. The van der Waals surface area contributed by atoms with Crippen LogP contribution in [-0.4, -0.2) is 19.7 Å². The summed E-state index contributed by atoms with van der Waals surface area (Å²) >= 11 is 0. The third kappa shape index (κ3) is 8.59. The van der Waals surface area contributed by atoms with E-state index >= 15 is 0 Å². The molecule has 6 aromatic carbocycles. The van der Waals surface area contributed by atoms with Crippen molar-refractivity contribution in [3.63, 3.8) is 0 Å². The summed E-state index contributed by atoms with van der Waals surface area (Å²) in [6.07, 6.45) is 0. The van der Waals surface area contributed by atoms with Crippen molar-refractivity contribution in [3.05, 3.63) is 198 Å². The molecule has 0 saturated heterocycles. The number of nitro benzene ring substituents is 4. The first-order valence-corrected chi connectivity index (χ1v) is 22.3. The van der Waals surface area contributed by atoms with E-state index < -0.39 is 42.9 Å². The molecular formula is C36H30N7O12P3. The number of benzene rings is 6. The molecule has 1 aliphatic heterocycles. The molecule has 0 amide bonds. The van der Waals surface area contributed by atoms with E-state index in [1.807, 2.05) is 36.4 Å². The predicted molar refractivity (Wildman–Crippen MR) is 219 cm³/mol. The van der Waals surface area contributed by atoms with E-state index in [0.717, 1.165) is 0 Å². The number of hydrogen-bond acceptors (Lipinski definition) is 15. The van der Waals surface area contributed by atoms with Crippen LogP contribution in [0.2, 0.25) is 0 Å². The van der Waals surface area contributed by atoms with Gasteiger partial charge in [0.05, 0.1) is 0 Å². The Morgan fingerprint density at radius 1 is 0.448 bits per heavy atom. The van der Waals surface area contributed by atoms with Crippen LogP contribution in [0.4, 0.5) is 22.7 Å². The summed E-state index contributed by atoms with van der Waals surface area (Å²) < 4.78 is 32.5. The van der Waals surface area contributed by atoms with Gasteiger partial charge in [0.15, 0.2) is 0 Å². The van der Waals surface area contributed by atoms with Crippen LogP contribution in [0.1, 0.15) is 0 Å². The molecule has 0 saturated carbocycles. The number of non-ortho nitro benzene ring substituents is 4. The van der Waals surface area contributed by atoms with E-state index in [1.54, 1.807) is 24.3 Å². The first-order valence-electron chi connectivity index (χ1n) is 16.9. The first-order chi connectivity index (χ1) is 27.9. The van der Waals surface area contributed by atoms with Gasteiger partial charge in [-0.05, 0) is 0 Å². The molecule has 296 valence electrons. The molecule has 1 aliphatic rings. The molecular weight excluding hydrogens is 815 g/mol. The van der Waals surface area contributed by atoms with E-state index in [0.29, 0.717) is 10.6 Å². The molecule has 0 bridgehead atoms. The van der Waals surface area contributed by atoms with E-state index in [-0.39, 0.29) is 45.7 Å². The fourth-order valence-corrected chi connectivity index (χ4v) is 19.9. The van der Waals surface area contributed by atoms with Crippen LogP contribution in [-0.2, 0) is 0 Å². The number of hydrogen-bond donors (Lipinski definition) is 2. The van der Waals surface area contributed by atoms with Crippen molar-refractivity contribution in [2.75, 3.05) is 0 Å². The van der Waals surface area contributed by atoms with Gasteiger partial charge < -0.3 is 0 Å². The fraction of sp³-hybridized carbons (Fsp3) is 0. The van der Waals surface area contributed by atoms with E-state index in [1.165, 1.54) is 97.1 Å². The number of nitrogens with zero attached hydrogens (tertiary/aromatic N) is 5. The van der Waals surface area contributed by atoms with Gasteiger partial charge >= 0.3 is 330 Å². The second-order valence-corrected chi connectivity index (χ2v) is 20.6. The summed E-state index contributed by atoms with van der Waals surface area (Å²) in [5, 5.41) is 47.7. The van der Waals surface area contributed by atoms with Crippen LogP contribution in [0.3, 0.4) is 0 Å². The van der Waals surface area contributed by atoms with Gasteiger partial charge in [0, 0.05) is 0 Å². The molecule has 0 unspecified atom stereocenters. The van der Waals surface area contributed by atoms with Gasteiger partial charge in [-0.3, -0.25) is 0 Å². The Hall–Kier alpha value is -6.87. The summed E-state index contributed by atoms with van der Waals surface area (Å²) in [6.45, 7) is 0. The Kier molecular flexibility index (Phi) is 11.1. The number of nitrogens with one attached hydrogen (secondary N) is 2. The first kappa shape index (κ1) is 39.4. The molecule has 0 radical (unpaired) electrons. The molecule has 22 heteroatoms. The van der Waals surface area contributed by atoms with Gasteiger partial charge in [0.1, 0.15) is 0 Å². The standard InChI is InChI=1S/C36H30N7O12P3/c44-40(45)27-11-19-31(20-12-27)52-57(53-32-21-13-28(14-22-32)41(46)47)37-56(35-7-3-1-4-8-35,36-9-5-2-6-10-36)38-58(39-57,54-33-23-15-29(16-24-33)42(48)49)55-34-25-17-30(18-26-34)43(50)51/h1-26,37,39,56-57H. The zero-order valence-corrected chi connectivity index (χ0v) is 32.5. The molecule has 58 heavy (non-hydrogen) atoms. The van der Waals surface area contributed by atoms with Crippen molar-refractivity contribution >= 4 is 56.6 Å². The van der Waals surface area contributed by atoms with Crippen molar-refractivity contribution < 1.29 is 37.8 Å². The van der Waals surface area contributed by atoms with Crippen LogP contribution in [0.5, 0.6) is 23.0 Å². The molecule has 1 heterocycles. The summed E-state index contributed by atoms with van der Waals surface area (Å²) in [7, 11) is -12.7. The molecule has 0 aliphatic carbocycles. The number of nitro groups is 4. The molecule has 0 aromatic heterocycles. The van der Waals surface area contributed by atoms with Crippen LogP contribution >= 0.6 is 23.2 Å². The summed E-state index contributed by atoms with van der Waals surface area (Å²) in [5.74, 6) is 0.316. The van der Waals surface area contributed by atoms with Crippen molar-refractivity contribution in [1.29, 1.82) is 0 Å². The topological polar surface area (TPSA) is 246 Å². The van der Waals surface area contributed by atoms with Crippen molar-refractivity contribution in [2.45, 2.75) is 0 Å². The van der Waals surface area contributed by atoms with Gasteiger partial charge in [0.25, 0.3) is 0 Å². The Bertz CT molecular complexity index is 2380. The Labute approximate surface area is 329 Å². The van der Waals surface area contributed by atoms with Crippen molar-refractivity contribution in [2.24, 2.45) is 4.52 Å². The minimum atomic E-state index is -4.54.